The lowest BCUT2D eigenvalue weighted by Crippen LogP contribution is -2.44. The fraction of sp³-hybridized carbons (Fsp3) is 0.341. The number of ether oxygens (including phenoxy) is 3. The molecule has 0 aliphatic heterocycles. The van der Waals surface area contributed by atoms with Crippen molar-refractivity contribution in [2.75, 3.05) is 50.2 Å². The van der Waals surface area contributed by atoms with E-state index < -0.39 is 29.5 Å². The number of carbonyl (C=O) groups is 4. The molecule has 6 rings (SSSR count). The molecule has 0 spiro atoms. The highest BCUT2D eigenvalue weighted by Crippen LogP contribution is 2.44. The monoisotopic (exact) mass is 779 g/mol. The van der Waals surface area contributed by atoms with Crippen molar-refractivity contribution in [2.24, 2.45) is 0 Å². The Bertz CT molecular complexity index is 2140. The second kappa shape index (κ2) is 18.1. The van der Waals surface area contributed by atoms with E-state index in [1.54, 1.807) is 61.4 Å². The maximum absolute atomic E-state index is 13.9. The molecule has 0 unspecified atom stereocenters. The standard InChI is InChI=1S/C41H45N7O7S/c1-41(2,3)55-36(51)23-47(20-19-42-40(52)54-24-32-30-16-10-8-14-28(30)29-15-9-11-17-31(29)32)35(50)22-48-26-43-37-33(18-21-56-4)44-39(46-38(37)48)45-34(49)25-53-27-12-6-5-7-13-27/h5-17,26,32H,18-25H2,1-4H3,(H,42,52)(H,44,45,46,49). The lowest BCUT2D eigenvalue weighted by Gasteiger charge is -2.25. The molecular weight excluding hydrogens is 735 g/mol. The average molecular weight is 780 g/mol. The van der Waals surface area contributed by atoms with Crippen LogP contribution in [0.1, 0.15) is 43.5 Å². The summed E-state index contributed by atoms with van der Waals surface area (Å²) in [5.41, 5.74) is 5.08. The Morgan fingerprint density at radius 1 is 0.911 bits per heavy atom. The van der Waals surface area contributed by atoms with E-state index in [1.165, 1.54) is 11.2 Å². The molecule has 0 fully saturated rings. The van der Waals surface area contributed by atoms with Gasteiger partial charge in [0.05, 0.1) is 12.0 Å². The highest BCUT2D eigenvalue weighted by Gasteiger charge is 2.29. The molecule has 292 valence electrons. The molecule has 0 saturated heterocycles. The molecule has 14 nitrogen and oxygen atoms in total. The minimum absolute atomic E-state index is 0.00835. The number of amides is 3. The summed E-state index contributed by atoms with van der Waals surface area (Å²) in [4.78, 5) is 67.5. The first-order valence-corrected chi connectivity index (χ1v) is 19.7. The molecule has 0 bridgehead atoms. The molecule has 15 heteroatoms. The van der Waals surface area contributed by atoms with E-state index in [0.717, 1.165) is 28.0 Å². The number of benzene rings is 3. The summed E-state index contributed by atoms with van der Waals surface area (Å²) in [6.45, 7) is 4.51. The molecule has 2 aromatic heterocycles. The van der Waals surface area contributed by atoms with E-state index in [1.807, 2.05) is 48.7 Å². The van der Waals surface area contributed by atoms with Crippen molar-refractivity contribution < 1.29 is 33.4 Å². The van der Waals surface area contributed by atoms with E-state index >= 15 is 0 Å². The number of aryl methyl sites for hydroxylation is 1. The molecule has 56 heavy (non-hydrogen) atoms. The maximum atomic E-state index is 13.9. The van der Waals surface area contributed by atoms with Crippen LogP contribution in [-0.2, 0) is 36.8 Å². The average Bonchev–Trinajstić information content (AvgIpc) is 3.73. The van der Waals surface area contributed by atoms with Crippen molar-refractivity contribution in [3.05, 3.63) is 102 Å². The third kappa shape index (κ3) is 10.2. The van der Waals surface area contributed by atoms with E-state index in [2.05, 4.69) is 37.7 Å². The molecule has 1 aliphatic rings. The number of para-hydroxylation sites is 1. The highest BCUT2D eigenvalue weighted by molar-refractivity contribution is 7.98. The number of fused-ring (bicyclic) bond motifs is 4. The number of alkyl carbamates (subject to hydrolysis) is 1. The topological polar surface area (TPSA) is 167 Å². The molecular formula is C41H45N7O7S. The second-order valence-electron chi connectivity index (χ2n) is 14.1. The van der Waals surface area contributed by atoms with Gasteiger partial charge in [0.2, 0.25) is 11.9 Å². The van der Waals surface area contributed by atoms with Crippen LogP contribution in [0.4, 0.5) is 10.7 Å². The van der Waals surface area contributed by atoms with Crippen molar-refractivity contribution in [1.29, 1.82) is 0 Å². The molecule has 3 aromatic carbocycles. The molecule has 0 radical (unpaired) electrons. The number of nitrogens with one attached hydrogen (secondary N) is 2. The Hall–Kier alpha value is -5.96. The van der Waals surface area contributed by atoms with Gasteiger partial charge in [-0.25, -0.2) is 14.8 Å². The Kier molecular flexibility index (Phi) is 12.9. The Morgan fingerprint density at radius 3 is 2.27 bits per heavy atom. The molecule has 0 saturated carbocycles. The van der Waals surface area contributed by atoms with E-state index in [4.69, 9.17) is 14.2 Å². The van der Waals surface area contributed by atoms with Crippen molar-refractivity contribution in [3.63, 3.8) is 0 Å². The van der Waals surface area contributed by atoms with Gasteiger partial charge >= 0.3 is 12.1 Å². The summed E-state index contributed by atoms with van der Waals surface area (Å²) in [7, 11) is 0. The number of anilines is 1. The number of nitrogens with zero attached hydrogens (tertiary/aromatic N) is 5. The third-order valence-electron chi connectivity index (χ3n) is 8.84. The van der Waals surface area contributed by atoms with Gasteiger partial charge < -0.3 is 29.0 Å². The summed E-state index contributed by atoms with van der Waals surface area (Å²) in [6.07, 6.45) is 3.35. The summed E-state index contributed by atoms with van der Waals surface area (Å²) in [5, 5.41) is 5.42. The first kappa shape index (κ1) is 39.7. The zero-order valence-electron chi connectivity index (χ0n) is 31.8. The van der Waals surface area contributed by atoms with E-state index in [-0.39, 0.29) is 51.3 Å². The molecule has 2 heterocycles. The first-order chi connectivity index (χ1) is 27.0. The zero-order valence-corrected chi connectivity index (χ0v) is 32.6. The van der Waals surface area contributed by atoms with Crippen LogP contribution in [0, 0.1) is 0 Å². The summed E-state index contributed by atoms with van der Waals surface area (Å²) < 4.78 is 18.3. The van der Waals surface area contributed by atoms with Crippen LogP contribution < -0.4 is 15.4 Å². The Labute approximate surface area is 329 Å². The van der Waals surface area contributed by atoms with Gasteiger partial charge in [-0.1, -0.05) is 66.7 Å². The molecule has 3 amide bonds. The van der Waals surface area contributed by atoms with Gasteiger partial charge in [-0.2, -0.15) is 16.7 Å². The van der Waals surface area contributed by atoms with Gasteiger partial charge in [-0.05, 0) is 67.2 Å². The van der Waals surface area contributed by atoms with E-state index in [9.17, 15) is 19.2 Å². The van der Waals surface area contributed by atoms with Gasteiger partial charge in [-0.3, -0.25) is 19.7 Å². The Balaban J connectivity index is 1.12. The zero-order chi connectivity index (χ0) is 39.7. The quantitative estimate of drug-likeness (QED) is 0.122. The SMILES string of the molecule is CSCCc1nc(NC(=O)COc2ccccc2)nc2c1ncn2CC(=O)N(CCNC(=O)OCC1c2ccccc2-c2ccccc21)CC(=O)OC(C)(C)C. The number of carbonyl (C=O) groups excluding carboxylic acids is 4. The highest BCUT2D eigenvalue weighted by atomic mass is 32.2. The second-order valence-corrected chi connectivity index (χ2v) is 15.1. The van der Waals surface area contributed by atoms with Gasteiger partial charge in [-0.15, -0.1) is 0 Å². The largest absolute Gasteiger partial charge is 0.484 e. The van der Waals surface area contributed by atoms with Gasteiger partial charge in [0, 0.05) is 25.4 Å². The van der Waals surface area contributed by atoms with Crippen LogP contribution in [0.15, 0.2) is 85.2 Å². The van der Waals surface area contributed by atoms with Gasteiger partial charge in [0.25, 0.3) is 5.91 Å². The van der Waals surface area contributed by atoms with E-state index in [0.29, 0.717) is 29.0 Å². The number of imidazole rings is 1. The Morgan fingerprint density at radius 2 is 1.59 bits per heavy atom. The first-order valence-electron chi connectivity index (χ1n) is 18.3. The van der Waals surface area contributed by atoms with Crippen LogP contribution in [0.2, 0.25) is 0 Å². The summed E-state index contributed by atoms with van der Waals surface area (Å²) in [5.74, 6) is -0.294. The molecule has 5 aromatic rings. The predicted octanol–water partition coefficient (Wildman–Crippen LogP) is 5.46. The lowest BCUT2D eigenvalue weighted by atomic mass is 9.98. The number of aromatic nitrogens is 4. The van der Waals surface area contributed by atoms with Crippen molar-refractivity contribution >= 4 is 52.8 Å². The molecule has 1 aliphatic carbocycles. The normalized spacial score (nSPS) is 12.1. The minimum atomic E-state index is -0.775. The van der Waals surface area contributed by atoms with Crippen LogP contribution in [0.5, 0.6) is 5.75 Å². The van der Waals surface area contributed by atoms with Crippen molar-refractivity contribution in [3.8, 4) is 16.9 Å². The van der Waals surface area contributed by atoms with Crippen LogP contribution in [0.3, 0.4) is 0 Å². The number of esters is 1. The van der Waals surface area contributed by atoms with Crippen LogP contribution in [-0.4, -0.2) is 98.8 Å². The van der Waals surface area contributed by atoms with Crippen molar-refractivity contribution in [2.45, 2.75) is 45.3 Å². The fourth-order valence-corrected chi connectivity index (χ4v) is 6.78. The molecule has 0 atom stereocenters. The predicted molar refractivity (Wildman–Crippen MR) is 213 cm³/mol. The number of rotatable bonds is 16. The number of hydrogen-bond acceptors (Lipinski definition) is 11. The van der Waals surface area contributed by atoms with Gasteiger partial charge in [0.15, 0.2) is 12.3 Å². The maximum Gasteiger partial charge on any atom is 0.407 e. The van der Waals surface area contributed by atoms with Crippen LogP contribution in [0.25, 0.3) is 22.3 Å². The lowest BCUT2D eigenvalue weighted by molar-refractivity contribution is -0.159. The number of thioether (sulfide) groups is 1. The summed E-state index contributed by atoms with van der Waals surface area (Å²) >= 11 is 1.63. The minimum Gasteiger partial charge on any atom is -0.484 e. The molecule has 2 N–H and O–H groups in total. The summed E-state index contributed by atoms with van der Waals surface area (Å²) in [6, 6.07) is 25.1. The number of hydrogen-bond donors (Lipinski definition) is 2. The van der Waals surface area contributed by atoms with Gasteiger partial charge in [0.1, 0.15) is 36.6 Å². The smallest absolute Gasteiger partial charge is 0.407 e. The fourth-order valence-electron chi connectivity index (χ4n) is 6.38. The van der Waals surface area contributed by atoms with Crippen molar-refractivity contribution in [1.82, 2.24) is 29.7 Å². The van der Waals surface area contributed by atoms with Crippen LogP contribution >= 0.6 is 11.8 Å². The third-order valence-corrected chi connectivity index (χ3v) is 9.45.